The fourth-order valence-electron chi connectivity index (χ4n) is 4.06. The van der Waals surface area contributed by atoms with Crippen LogP contribution in [0.25, 0.3) is 44.3 Å². The number of pyridine rings is 1. The maximum atomic E-state index is 14.9. The van der Waals surface area contributed by atoms with Gasteiger partial charge >= 0.3 is 0 Å². The summed E-state index contributed by atoms with van der Waals surface area (Å²) >= 11 is 0. The highest BCUT2D eigenvalue weighted by Gasteiger charge is 2.24. The number of hydrogen-bond acceptors (Lipinski definition) is 1. The zero-order chi connectivity index (χ0) is 21.0. The van der Waals surface area contributed by atoms with Crippen molar-refractivity contribution in [2.45, 2.75) is 13.8 Å². The molecule has 2 nitrogen and oxygen atoms in total. The number of benzene rings is 3. The molecule has 0 radical (unpaired) electrons. The number of furan rings is 1. The average molecular weight is 400 g/mol. The normalized spacial score (nSPS) is 11.5. The summed E-state index contributed by atoms with van der Waals surface area (Å²) in [7, 11) is 1.95. The highest BCUT2D eigenvalue weighted by atomic mass is 19.1. The molecule has 0 aliphatic carbocycles. The van der Waals surface area contributed by atoms with Gasteiger partial charge in [0.15, 0.2) is 11.8 Å². The summed E-state index contributed by atoms with van der Waals surface area (Å²) in [6, 6.07) is 18.2. The molecular formula is C26H20F2NO+. The smallest absolute Gasteiger partial charge is 0.216 e. The van der Waals surface area contributed by atoms with Crippen LogP contribution >= 0.6 is 0 Å². The maximum Gasteiger partial charge on any atom is 0.216 e. The highest BCUT2D eigenvalue weighted by Crippen LogP contribution is 2.39. The molecule has 0 aliphatic rings. The monoisotopic (exact) mass is 400 g/mol. The van der Waals surface area contributed by atoms with Crippen LogP contribution in [0.2, 0.25) is 0 Å². The molecule has 0 saturated heterocycles. The first-order chi connectivity index (χ1) is 14.4. The molecule has 2 heterocycles. The summed E-state index contributed by atoms with van der Waals surface area (Å²) in [5.41, 5.74) is 6.60. The van der Waals surface area contributed by atoms with Crippen molar-refractivity contribution in [2.24, 2.45) is 7.05 Å². The minimum Gasteiger partial charge on any atom is -0.455 e. The van der Waals surface area contributed by atoms with Crippen LogP contribution in [0.4, 0.5) is 8.78 Å². The predicted octanol–water partition coefficient (Wildman–Crippen LogP) is 6.64. The molecule has 0 amide bonds. The molecular weight excluding hydrogens is 380 g/mol. The zero-order valence-electron chi connectivity index (χ0n) is 17.0. The van der Waals surface area contributed by atoms with Crippen molar-refractivity contribution in [1.29, 1.82) is 0 Å². The average Bonchev–Trinajstić information content (AvgIpc) is 3.08. The van der Waals surface area contributed by atoms with Gasteiger partial charge in [-0.25, -0.2) is 13.3 Å². The van der Waals surface area contributed by atoms with Gasteiger partial charge in [-0.05, 0) is 48.7 Å². The van der Waals surface area contributed by atoms with Crippen LogP contribution in [0.5, 0.6) is 0 Å². The van der Waals surface area contributed by atoms with Crippen LogP contribution in [0.3, 0.4) is 0 Å². The lowest BCUT2D eigenvalue weighted by molar-refractivity contribution is -0.660. The topological polar surface area (TPSA) is 17.0 Å². The van der Waals surface area contributed by atoms with E-state index in [-0.39, 0.29) is 5.82 Å². The molecule has 0 saturated carbocycles. The molecule has 0 aliphatic heterocycles. The molecule has 3 aromatic carbocycles. The van der Waals surface area contributed by atoms with Gasteiger partial charge in [0.2, 0.25) is 5.69 Å². The molecule has 0 N–H and O–H groups in total. The van der Waals surface area contributed by atoms with E-state index in [1.807, 2.05) is 24.7 Å². The van der Waals surface area contributed by atoms with E-state index in [4.69, 9.17) is 4.42 Å². The first kappa shape index (κ1) is 18.5. The Morgan fingerprint density at radius 2 is 1.60 bits per heavy atom. The number of hydrogen-bond donors (Lipinski definition) is 0. The van der Waals surface area contributed by atoms with Gasteiger partial charge in [-0.3, -0.25) is 0 Å². The van der Waals surface area contributed by atoms with E-state index in [0.29, 0.717) is 21.9 Å². The molecule has 5 rings (SSSR count). The Bertz CT molecular complexity index is 1430. The van der Waals surface area contributed by atoms with Crippen LogP contribution in [-0.4, -0.2) is 0 Å². The lowest BCUT2D eigenvalue weighted by Crippen LogP contribution is -2.30. The molecule has 148 valence electrons. The molecule has 0 unspecified atom stereocenters. The quantitative estimate of drug-likeness (QED) is 0.304. The first-order valence-electron chi connectivity index (χ1n) is 9.80. The van der Waals surface area contributed by atoms with Gasteiger partial charge in [0.25, 0.3) is 0 Å². The zero-order valence-corrected chi connectivity index (χ0v) is 17.0. The molecule has 5 aromatic rings. The van der Waals surface area contributed by atoms with Gasteiger partial charge < -0.3 is 4.42 Å². The standard InChI is InChI=1S/C26H20F2NO/c1-15-4-6-17(7-5-15)18-10-11-29(3)22(13-18)24-16(2)12-21(28)25-20-9-8-19(27)14-23(20)30-26(24)25/h4-14H,1-3H3/q+1. The van der Waals surface area contributed by atoms with Crippen LogP contribution in [0.1, 0.15) is 11.1 Å². The van der Waals surface area contributed by atoms with E-state index in [0.717, 1.165) is 27.9 Å². The Labute approximate surface area is 173 Å². The van der Waals surface area contributed by atoms with Crippen molar-refractivity contribution in [2.75, 3.05) is 0 Å². The van der Waals surface area contributed by atoms with Crippen molar-refractivity contribution in [1.82, 2.24) is 0 Å². The first-order valence-corrected chi connectivity index (χ1v) is 9.80. The van der Waals surface area contributed by atoms with E-state index in [9.17, 15) is 8.78 Å². The molecule has 0 fully saturated rings. The van der Waals surface area contributed by atoms with Gasteiger partial charge in [-0.15, -0.1) is 0 Å². The van der Waals surface area contributed by atoms with E-state index >= 15 is 0 Å². The fraction of sp³-hybridized carbons (Fsp3) is 0.115. The van der Waals surface area contributed by atoms with Crippen molar-refractivity contribution in [3.63, 3.8) is 0 Å². The van der Waals surface area contributed by atoms with Gasteiger partial charge in [-0.1, -0.05) is 29.8 Å². The molecule has 0 spiro atoms. The SMILES string of the molecule is Cc1ccc(-c2cc[n+](C)c(-c3c(C)cc(F)c4c3oc3cc(F)ccc34)c2)cc1. The number of nitrogens with zero attached hydrogens (tertiary/aromatic N) is 1. The molecule has 0 atom stereocenters. The Morgan fingerprint density at radius 1 is 0.833 bits per heavy atom. The Morgan fingerprint density at radius 3 is 2.37 bits per heavy atom. The second-order valence-electron chi connectivity index (χ2n) is 7.77. The van der Waals surface area contributed by atoms with Crippen molar-refractivity contribution < 1.29 is 17.8 Å². The van der Waals surface area contributed by atoms with Crippen molar-refractivity contribution >= 4 is 21.9 Å². The van der Waals surface area contributed by atoms with E-state index in [1.165, 1.54) is 23.8 Å². The highest BCUT2D eigenvalue weighted by molar-refractivity contribution is 6.10. The number of halogens is 2. The van der Waals surface area contributed by atoms with Crippen molar-refractivity contribution in [3.8, 4) is 22.4 Å². The fourth-order valence-corrected chi connectivity index (χ4v) is 4.06. The largest absolute Gasteiger partial charge is 0.455 e. The minimum absolute atomic E-state index is 0.341. The number of fused-ring (bicyclic) bond motifs is 3. The minimum atomic E-state index is -0.410. The van der Waals surface area contributed by atoms with Crippen LogP contribution < -0.4 is 4.57 Å². The third kappa shape index (κ3) is 2.88. The lowest BCUT2D eigenvalue weighted by Gasteiger charge is -2.09. The number of aromatic nitrogens is 1. The van der Waals surface area contributed by atoms with Crippen LogP contribution in [0.15, 0.2) is 71.3 Å². The number of aryl methyl sites for hydroxylation is 3. The summed E-state index contributed by atoms with van der Waals surface area (Å²) in [4.78, 5) is 0. The second kappa shape index (κ2) is 6.77. The molecule has 2 aromatic heterocycles. The second-order valence-corrected chi connectivity index (χ2v) is 7.77. The van der Waals surface area contributed by atoms with Crippen LogP contribution in [0, 0.1) is 25.5 Å². The van der Waals surface area contributed by atoms with Crippen LogP contribution in [-0.2, 0) is 7.05 Å². The number of rotatable bonds is 2. The van der Waals surface area contributed by atoms with Gasteiger partial charge in [-0.2, -0.15) is 0 Å². The van der Waals surface area contributed by atoms with Gasteiger partial charge in [0.05, 0.1) is 10.9 Å². The summed E-state index contributed by atoms with van der Waals surface area (Å²) in [6.45, 7) is 3.92. The summed E-state index contributed by atoms with van der Waals surface area (Å²) in [5, 5.41) is 0.953. The van der Waals surface area contributed by atoms with Gasteiger partial charge in [0, 0.05) is 23.6 Å². The summed E-state index contributed by atoms with van der Waals surface area (Å²) in [5.74, 6) is -0.777. The molecule has 0 bridgehead atoms. The van der Waals surface area contributed by atoms with E-state index < -0.39 is 5.82 Å². The Hall–Kier alpha value is -3.53. The van der Waals surface area contributed by atoms with Gasteiger partial charge in [0.1, 0.15) is 24.3 Å². The molecule has 4 heteroatoms. The van der Waals surface area contributed by atoms with E-state index in [2.05, 4.69) is 43.3 Å². The Kier molecular flexibility index (Phi) is 4.17. The van der Waals surface area contributed by atoms with E-state index in [1.54, 1.807) is 6.07 Å². The molecule has 30 heavy (non-hydrogen) atoms. The predicted molar refractivity (Wildman–Crippen MR) is 115 cm³/mol. The van der Waals surface area contributed by atoms with Crippen molar-refractivity contribution in [3.05, 3.63) is 89.6 Å². The third-order valence-corrected chi connectivity index (χ3v) is 5.65. The Balaban J connectivity index is 1.82. The summed E-state index contributed by atoms with van der Waals surface area (Å²) in [6.07, 6.45) is 1.99. The third-order valence-electron chi connectivity index (χ3n) is 5.65. The maximum absolute atomic E-state index is 14.9. The lowest BCUT2D eigenvalue weighted by atomic mass is 9.97. The summed E-state index contributed by atoms with van der Waals surface area (Å²) < 4.78 is 36.7.